The highest BCUT2D eigenvalue weighted by Crippen LogP contribution is 2.35. The zero-order valence-electron chi connectivity index (χ0n) is 12.6. The van der Waals surface area contributed by atoms with E-state index in [1.165, 1.54) is 42.5 Å². The van der Waals surface area contributed by atoms with Crippen molar-refractivity contribution in [2.45, 2.75) is 50.6 Å². The van der Waals surface area contributed by atoms with Crippen molar-refractivity contribution in [3.63, 3.8) is 0 Å². The number of aromatic nitrogens is 1. The van der Waals surface area contributed by atoms with Crippen LogP contribution < -0.4 is 10.2 Å². The molecule has 1 spiro atoms. The lowest BCUT2D eigenvalue weighted by Gasteiger charge is -2.50. The molecule has 1 aromatic heterocycles. The van der Waals surface area contributed by atoms with Crippen molar-refractivity contribution in [3.8, 4) is 0 Å². The number of rotatable bonds is 1. The summed E-state index contributed by atoms with van der Waals surface area (Å²) in [7, 11) is 0. The predicted molar refractivity (Wildman–Crippen MR) is 90.2 cm³/mol. The minimum absolute atomic E-state index is 0.355. The smallest absolute Gasteiger partial charge is 0.0813 e. The summed E-state index contributed by atoms with van der Waals surface area (Å²) in [5.41, 5.74) is 4.79. The normalized spacial score (nSPS) is 25.6. The van der Waals surface area contributed by atoms with Gasteiger partial charge in [0.05, 0.1) is 15.7 Å². The van der Waals surface area contributed by atoms with Crippen LogP contribution in [0.5, 0.6) is 0 Å². The number of hydrogen-bond donors (Lipinski definition) is 1. The summed E-state index contributed by atoms with van der Waals surface area (Å²) in [5, 5.41) is 3.86. The molecule has 1 aliphatic carbocycles. The summed E-state index contributed by atoms with van der Waals surface area (Å²) in [6.07, 6.45) is 6.83. The van der Waals surface area contributed by atoms with E-state index in [0.29, 0.717) is 11.6 Å². The summed E-state index contributed by atoms with van der Waals surface area (Å²) < 4.78 is 1.30. The van der Waals surface area contributed by atoms with Crippen LogP contribution in [0.25, 0.3) is 10.2 Å². The molecule has 4 rings (SSSR count). The molecule has 1 saturated heterocycles. The number of nitrogens with zero attached hydrogens (tertiary/aromatic N) is 2. The SMILES string of the molecule is CC1CNC2(CCCCC2)CN1c1ccc2ncsc2c1. The first kappa shape index (κ1) is 13.5. The van der Waals surface area contributed by atoms with Gasteiger partial charge in [0.15, 0.2) is 0 Å². The molecule has 21 heavy (non-hydrogen) atoms. The lowest BCUT2D eigenvalue weighted by atomic mass is 9.79. The van der Waals surface area contributed by atoms with Crippen LogP contribution in [0.3, 0.4) is 0 Å². The minimum atomic E-state index is 0.355. The molecule has 1 atom stereocenters. The number of benzene rings is 1. The summed E-state index contributed by atoms with van der Waals surface area (Å²) in [4.78, 5) is 7.01. The largest absolute Gasteiger partial charge is 0.366 e. The maximum atomic E-state index is 4.39. The van der Waals surface area contributed by atoms with E-state index in [4.69, 9.17) is 0 Å². The first-order valence-corrected chi connectivity index (χ1v) is 8.99. The van der Waals surface area contributed by atoms with Gasteiger partial charge in [-0.2, -0.15) is 0 Å². The van der Waals surface area contributed by atoms with Gasteiger partial charge in [0.2, 0.25) is 0 Å². The number of thiazole rings is 1. The Morgan fingerprint density at radius 3 is 3.00 bits per heavy atom. The van der Waals surface area contributed by atoms with Gasteiger partial charge in [-0.3, -0.25) is 0 Å². The molecule has 2 fully saturated rings. The van der Waals surface area contributed by atoms with E-state index in [9.17, 15) is 0 Å². The van der Waals surface area contributed by atoms with Crippen molar-refractivity contribution in [1.82, 2.24) is 10.3 Å². The fourth-order valence-corrected chi connectivity index (χ4v) is 4.65. The molecular weight excluding hydrogens is 278 g/mol. The lowest BCUT2D eigenvalue weighted by Crippen LogP contribution is -2.64. The van der Waals surface area contributed by atoms with Gasteiger partial charge in [-0.1, -0.05) is 19.3 Å². The predicted octanol–water partition coefficient (Wildman–Crippen LogP) is 3.80. The Morgan fingerprint density at radius 1 is 1.29 bits per heavy atom. The lowest BCUT2D eigenvalue weighted by molar-refractivity contribution is 0.200. The van der Waals surface area contributed by atoms with E-state index in [-0.39, 0.29) is 0 Å². The molecule has 4 heteroatoms. The molecule has 1 unspecified atom stereocenters. The monoisotopic (exact) mass is 301 g/mol. The zero-order valence-corrected chi connectivity index (χ0v) is 13.5. The minimum Gasteiger partial charge on any atom is -0.366 e. The molecular formula is C17H23N3S. The third-order valence-electron chi connectivity index (χ3n) is 5.23. The van der Waals surface area contributed by atoms with E-state index in [0.717, 1.165) is 18.6 Å². The summed E-state index contributed by atoms with van der Waals surface area (Å²) >= 11 is 1.74. The van der Waals surface area contributed by atoms with Crippen molar-refractivity contribution in [2.24, 2.45) is 0 Å². The Hall–Kier alpha value is -1.13. The van der Waals surface area contributed by atoms with Crippen LogP contribution in [0.2, 0.25) is 0 Å². The van der Waals surface area contributed by atoms with E-state index in [1.54, 1.807) is 11.3 Å². The van der Waals surface area contributed by atoms with Crippen LogP contribution in [0.1, 0.15) is 39.0 Å². The summed E-state index contributed by atoms with van der Waals surface area (Å²) in [5.74, 6) is 0. The van der Waals surface area contributed by atoms with Crippen LogP contribution >= 0.6 is 11.3 Å². The molecule has 1 N–H and O–H groups in total. The van der Waals surface area contributed by atoms with E-state index >= 15 is 0 Å². The van der Waals surface area contributed by atoms with E-state index in [2.05, 4.69) is 40.3 Å². The Labute approximate surface area is 130 Å². The van der Waals surface area contributed by atoms with Gasteiger partial charge in [0, 0.05) is 30.4 Å². The molecule has 2 heterocycles. The van der Waals surface area contributed by atoms with Gasteiger partial charge in [-0.15, -0.1) is 11.3 Å². The Balaban J connectivity index is 1.64. The average molecular weight is 301 g/mol. The topological polar surface area (TPSA) is 28.2 Å². The van der Waals surface area contributed by atoms with Crippen LogP contribution in [-0.2, 0) is 0 Å². The van der Waals surface area contributed by atoms with Crippen LogP contribution in [0.15, 0.2) is 23.7 Å². The second-order valence-corrected chi connectivity index (χ2v) is 7.59. The van der Waals surface area contributed by atoms with Crippen LogP contribution in [0, 0.1) is 0 Å². The van der Waals surface area contributed by atoms with Gasteiger partial charge in [0.1, 0.15) is 0 Å². The number of nitrogens with one attached hydrogen (secondary N) is 1. The van der Waals surface area contributed by atoms with Crippen molar-refractivity contribution >= 4 is 27.2 Å². The zero-order chi connectivity index (χ0) is 14.3. The fraction of sp³-hybridized carbons (Fsp3) is 0.588. The first-order valence-electron chi connectivity index (χ1n) is 8.11. The van der Waals surface area contributed by atoms with Crippen LogP contribution in [-0.4, -0.2) is 29.7 Å². The van der Waals surface area contributed by atoms with Crippen molar-refractivity contribution in [1.29, 1.82) is 0 Å². The molecule has 1 aromatic carbocycles. The van der Waals surface area contributed by atoms with Gasteiger partial charge < -0.3 is 10.2 Å². The highest BCUT2D eigenvalue weighted by Gasteiger charge is 2.38. The second-order valence-electron chi connectivity index (χ2n) is 6.70. The number of piperazine rings is 1. The van der Waals surface area contributed by atoms with Gasteiger partial charge in [-0.05, 0) is 38.0 Å². The van der Waals surface area contributed by atoms with Crippen molar-refractivity contribution < 1.29 is 0 Å². The highest BCUT2D eigenvalue weighted by atomic mass is 32.1. The molecule has 1 aliphatic heterocycles. The van der Waals surface area contributed by atoms with E-state index in [1.807, 2.05) is 5.51 Å². The Bertz CT molecular complexity index is 630. The molecule has 1 saturated carbocycles. The van der Waals surface area contributed by atoms with Crippen molar-refractivity contribution in [2.75, 3.05) is 18.0 Å². The molecule has 3 nitrogen and oxygen atoms in total. The number of fused-ring (bicyclic) bond motifs is 1. The summed E-state index contributed by atoms with van der Waals surface area (Å²) in [6, 6.07) is 7.30. The third-order valence-corrected chi connectivity index (χ3v) is 6.03. The second kappa shape index (κ2) is 5.25. The van der Waals surface area contributed by atoms with Gasteiger partial charge >= 0.3 is 0 Å². The molecule has 112 valence electrons. The average Bonchev–Trinajstić information content (AvgIpc) is 2.98. The van der Waals surface area contributed by atoms with Crippen LogP contribution in [0.4, 0.5) is 5.69 Å². The third kappa shape index (κ3) is 2.44. The van der Waals surface area contributed by atoms with Crippen molar-refractivity contribution in [3.05, 3.63) is 23.7 Å². The molecule has 0 radical (unpaired) electrons. The van der Waals surface area contributed by atoms with Gasteiger partial charge in [0.25, 0.3) is 0 Å². The first-order chi connectivity index (χ1) is 10.3. The maximum Gasteiger partial charge on any atom is 0.0813 e. The van der Waals surface area contributed by atoms with E-state index < -0.39 is 0 Å². The number of anilines is 1. The highest BCUT2D eigenvalue weighted by molar-refractivity contribution is 7.16. The summed E-state index contributed by atoms with van der Waals surface area (Å²) in [6.45, 7) is 4.58. The molecule has 0 bridgehead atoms. The fourth-order valence-electron chi connectivity index (χ4n) is 3.94. The number of hydrogen-bond acceptors (Lipinski definition) is 4. The molecule has 2 aliphatic rings. The quantitative estimate of drug-likeness (QED) is 0.868. The van der Waals surface area contributed by atoms with Gasteiger partial charge in [-0.25, -0.2) is 4.98 Å². The maximum absolute atomic E-state index is 4.39. The Kier molecular flexibility index (Phi) is 3.38. The molecule has 2 aromatic rings. The standard InChI is InChI=1S/C17H23N3S/c1-13-10-19-17(7-3-2-4-8-17)11-20(13)14-5-6-15-16(9-14)21-12-18-15/h5-6,9,12-13,19H,2-4,7-8,10-11H2,1H3. The Morgan fingerprint density at radius 2 is 2.14 bits per heavy atom. The molecule has 0 amide bonds.